The Labute approximate surface area is 125 Å². The Morgan fingerprint density at radius 2 is 1.81 bits per heavy atom. The molecule has 0 spiro atoms. The normalized spacial score (nSPS) is 20.3. The number of hydrogen-bond acceptors (Lipinski definition) is 5. The maximum atomic E-state index is 12.7. The third kappa shape index (κ3) is 3.27. The molecule has 0 atom stereocenters. The number of rotatable bonds is 3. The fourth-order valence-electron chi connectivity index (χ4n) is 2.35. The van der Waals surface area contributed by atoms with Gasteiger partial charge in [-0.3, -0.25) is 0 Å². The van der Waals surface area contributed by atoms with Gasteiger partial charge in [-0.15, -0.1) is 0 Å². The van der Waals surface area contributed by atoms with E-state index in [9.17, 15) is 16.8 Å². The molecule has 1 aromatic carbocycles. The molecular weight excluding hydrogens is 314 g/mol. The summed E-state index contributed by atoms with van der Waals surface area (Å²) in [5.41, 5.74) is -0.589. The summed E-state index contributed by atoms with van der Waals surface area (Å²) >= 11 is 0. The van der Waals surface area contributed by atoms with Crippen molar-refractivity contribution in [3.8, 4) is 0 Å². The lowest BCUT2D eigenvalue weighted by molar-refractivity contribution is 0.186. The van der Waals surface area contributed by atoms with E-state index in [1.165, 1.54) is 22.5 Å². The largest absolute Gasteiger partial charge is 0.314 e. The molecule has 9 heteroatoms. The van der Waals surface area contributed by atoms with Crippen LogP contribution >= 0.6 is 0 Å². The number of hydrogen-bond donors (Lipinski definition) is 2. The first-order chi connectivity index (χ1) is 9.55. The number of benzene rings is 1. The summed E-state index contributed by atoms with van der Waals surface area (Å²) in [6.45, 7) is 5.05. The molecule has 0 unspecified atom stereocenters. The van der Waals surface area contributed by atoms with Crippen LogP contribution in [0.3, 0.4) is 0 Å². The van der Waals surface area contributed by atoms with Gasteiger partial charge in [0, 0.05) is 25.2 Å². The summed E-state index contributed by atoms with van der Waals surface area (Å²) in [7, 11) is -7.72. The highest BCUT2D eigenvalue weighted by atomic mass is 32.2. The quantitative estimate of drug-likeness (QED) is 0.790. The van der Waals surface area contributed by atoms with E-state index in [2.05, 4.69) is 5.32 Å². The molecule has 118 valence electrons. The molecule has 0 aliphatic carbocycles. The molecule has 0 aromatic heterocycles. The van der Waals surface area contributed by atoms with Gasteiger partial charge >= 0.3 is 0 Å². The van der Waals surface area contributed by atoms with Crippen LogP contribution in [-0.2, 0) is 20.0 Å². The molecule has 0 amide bonds. The van der Waals surface area contributed by atoms with Crippen molar-refractivity contribution >= 4 is 20.0 Å². The molecular formula is C12H19N3O4S2. The van der Waals surface area contributed by atoms with Crippen molar-refractivity contribution in [2.75, 3.05) is 19.6 Å². The highest BCUT2D eigenvalue weighted by Crippen LogP contribution is 2.26. The van der Waals surface area contributed by atoms with Gasteiger partial charge in [0.2, 0.25) is 20.0 Å². The number of sulfonamides is 2. The summed E-state index contributed by atoms with van der Waals surface area (Å²) in [6, 6.07) is 5.13. The second-order valence-electron chi connectivity index (χ2n) is 5.59. The molecule has 1 aliphatic rings. The zero-order valence-corrected chi connectivity index (χ0v) is 13.5. The number of piperazine rings is 1. The molecule has 21 heavy (non-hydrogen) atoms. The van der Waals surface area contributed by atoms with Crippen LogP contribution < -0.4 is 10.5 Å². The van der Waals surface area contributed by atoms with E-state index in [0.29, 0.717) is 19.6 Å². The van der Waals surface area contributed by atoms with E-state index < -0.39 is 25.6 Å². The van der Waals surface area contributed by atoms with Gasteiger partial charge in [-0.25, -0.2) is 22.0 Å². The SMILES string of the molecule is CC1(C)CNCCN1S(=O)(=O)c1cccc(S(N)(=O)=O)c1. The van der Waals surface area contributed by atoms with Crippen LogP contribution in [0, 0.1) is 0 Å². The molecule has 1 fully saturated rings. The van der Waals surface area contributed by atoms with E-state index in [1.54, 1.807) is 0 Å². The maximum absolute atomic E-state index is 12.7. The van der Waals surface area contributed by atoms with Crippen LogP contribution in [0.2, 0.25) is 0 Å². The predicted octanol–water partition coefficient (Wildman–Crippen LogP) is -0.293. The Morgan fingerprint density at radius 1 is 1.19 bits per heavy atom. The molecule has 1 aromatic rings. The lowest BCUT2D eigenvalue weighted by atomic mass is 10.0. The molecule has 0 radical (unpaired) electrons. The summed E-state index contributed by atoms with van der Waals surface area (Å²) in [6.07, 6.45) is 0. The van der Waals surface area contributed by atoms with Crippen molar-refractivity contribution in [1.82, 2.24) is 9.62 Å². The van der Waals surface area contributed by atoms with Crippen molar-refractivity contribution in [3.05, 3.63) is 24.3 Å². The Balaban J connectivity index is 2.50. The number of nitrogens with one attached hydrogen (secondary N) is 1. The maximum Gasteiger partial charge on any atom is 0.243 e. The van der Waals surface area contributed by atoms with Crippen LogP contribution in [-0.4, -0.2) is 46.3 Å². The van der Waals surface area contributed by atoms with Gasteiger partial charge in [-0.1, -0.05) is 6.07 Å². The fourth-order valence-corrected chi connectivity index (χ4v) is 4.81. The highest BCUT2D eigenvalue weighted by molar-refractivity contribution is 7.90. The minimum Gasteiger partial charge on any atom is -0.314 e. The van der Waals surface area contributed by atoms with Crippen molar-refractivity contribution in [1.29, 1.82) is 0 Å². The van der Waals surface area contributed by atoms with Gasteiger partial charge in [0.1, 0.15) is 0 Å². The smallest absolute Gasteiger partial charge is 0.243 e. The van der Waals surface area contributed by atoms with Crippen molar-refractivity contribution in [2.45, 2.75) is 29.2 Å². The van der Waals surface area contributed by atoms with Crippen LogP contribution in [0.5, 0.6) is 0 Å². The van der Waals surface area contributed by atoms with Crippen LogP contribution in [0.4, 0.5) is 0 Å². The van der Waals surface area contributed by atoms with E-state index in [4.69, 9.17) is 5.14 Å². The zero-order chi connectivity index (χ0) is 15.9. The van der Waals surface area contributed by atoms with Gasteiger partial charge in [0.15, 0.2) is 0 Å². The van der Waals surface area contributed by atoms with Gasteiger partial charge in [0.25, 0.3) is 0 Å². The number of nitrogens with zero attached hydrogens (tertiary/aromatic N) is 1. The van der Waals surface area contributed by atoms with E-state index >= 15 is 0 Å². The third-order valence-corrected chi connectivity index (χ3v) is 6.46. The van der Waals surface area contributed by atoms with E-state index in [0.717, 1.165) is 6.07 Å². The molecule has 0 saturated carbocycles. The van der Waals surface area contributed by atoms with Gasteiger partial charge in [0.05, 0.1) is 9.79 Å². The van der Waals surface area contributed by atoms with Gasteiger partial charge in [-0.05, 0) is 32.0 Å². The average Bonchev–Trinajstić information content (AvgIpc) is 2.37. The second-order valence-corrected chi connectivity index (χ2v) is 9.01. The molecule has 1 aliphatic heterocycles. The monoisotopic (exact) mass is 333 g/mol. The van der Waals surface area contributed by atoms with Gasteiger partial charge in [-0.2, -0.15) is 4.31 Å². The standard InChI is InChI=1S/C12H19N3O4S2/c1-12(2)9-14-6-7-15(12)21(18,19)11-5-3-4-10(8-11)20(13,16)17/h3-5,8,14H,6-7,9H2,1-2H3,(H2,13,16,17). The Hall–Kier alpha value is -1.00. The van der Waals surface area contributed by atoms with Crippen molar-refractivity contribution in [3.63, 3.8) is 0 Å². The first kappa shape index (κ1) is 16.4. The minimum atomic E-state index is -3.94. The predicted molar refractivity (Wildman–Crippen MR) is 78.7 cm³/mol. The Bertz CT molecular complexity index is 742. The van der Waals surface area contributed by atoms with Crippen LogP contribution in [0.15, 0.2) is 34.1 Å². The zero-order valence-electron chi connectivity index (χ0n) is 11.9. The fraction of sp³-hybridized carbons (Fsp3) is 0.500. The van der Waals surface area contributed by atoms with E-state index in [1.807, 2.05) is 13.8 Å². The third-order valence-electron chi connectivity index (χ3n) is 3.45. The lowest BCUT2D eigenvalue weighted by Crippen LogP contribution is -2.59. The lowest BCUT2D eigenvalue weighted by Gasteiger charge is -2.41. The molecule has 1 heterocycles. The average molecular weight is 333 g/mol. The molecule has 7 nitrogen and oxygen atoms in total. The van der Waals surface area contributed by atoms with Crippen molar-refractivity contribution in [2.24, 2.45) is 5.14 Å². The summed E-state index contributed by atoms with van der Waals surface area (Å²) < 4.78 is 49.6. The molecule has 3 N–H and O–H groups in total. The number of primary sulfonamides is 1. The van der Waals surface area contributed by atoms with Crippen molar-refractivity contribution < 1.29 is 16.8 Å². The summed E-state index contributed by atoms with van der Waals surface area (Å²) in [4.78, 5) is -0.277. The Kier molecular flexibility index (Phi) is 4.15. The van der Waals surface area contributed by atoms with E-state index in [-0.39, 0.29) is 9.79 Å². The Morgan fingerprint density at radius 3 is 2.38 bits per heavy atom. The van der Waals surface area contributed by atoms with Crippen LogP contribution in [0.25, 0.3) is 0 Å². The summed E-state index contributed by atoms with van der Waals surface area (Å²) in [5.74, 6) is 0. The summed E-state index contributed by atoms with van der Waals surface area (Å²) in [5, 5.41) is 8.20. The first-order valence-corrected chi connectivity index (χ1v) is 9.40. The topological polar surface area (TPSA) is 110 Å². The van der Waals surface area contributed by atoms with Gasteiger partial charge < -0.3 is 5.32 Å². The number of nitrogens with two attached hydrogens (primary N) is 1. The second kappa shape index (κ2) is 5.33. The molecule has 1 saturated heterocycles. The minimum absolute atomic E-state index is 0.0657. The molecule has 2 rings (SSSR count). The molecule has 0 bridgehead atoms. The highest BCUT2D eigenvalue weighted by Gasteiger charge is 2.39. The first-order valence-electron chi connectivity index (χ1n) is 6.42. The van der Waals surface area contributed by atoms with Crippen LogP contribution in [0.1, 0.15) is 13.8 Å².